The molecule has 1 heterocycles. The number of fused-ring (bicyclic) bond motifs is 5. The molecule has 0 aliphatic heterocycles. The van der Waals surface area contributed by atoms with Crippen LogP contribution in [0.2, 0.25) is 0 Å². The van der Waals surface area contributed by atoms with Crippen molar-refractivity contribution in [1.29, 1.82) is 0 Å². The first-order chi connectivity index (χ1) is 9.26. The maximum atomic E-state index is 11.2. The summed E-state index contributed by atoms with van der Waals surface area (Å²) in [6.45, 7) is 0. The van der Waals surface area contributed by atoms with Crippen molar-refractivity contribution in [3.8, 4) is 0 Å². The first-order valence-electron chi connectivity index (χ1n) is 7.04. The monoisotopic (exact) mass is 278 g/mol. The third-order valence-corrected chi connectivity index (χ3v) is 5.95. The number of hydrogen-bond acceptors (Lipinski definition) is 5. The smallest absolute Gasteiger partial charge is 0.311 e. The van der Waals surface area contributed by atoms with E-state index >= 15 is 0 Å². The Balaban J connectivity index is 1.38. The maximum Gasteiger partial charge on any atom is 0.311 e. The van der Waals surface area contributed by atoms with Gasteiger partial charge in [-0.15, -0.1) is 11.3 Å². The number of hydrogen-bond donors (Lipinski definition) is 1. The Hall–Kier alpha value is -1.10. The van der Waals surface area contributed by atoms with Crippen LogP contribution in [0.3, 0.4) is 0 Å². The van der Waals surface area contributed by atoms with Gasteiger partial charge < -0.3 is 10.1 Å². The highest BCUT2D eigenvalue weighted by Crippen LogP contribution is 2.66. The highest BCUT2D eigenvalue weighted by molar-refractivity contribution is 7.13. The normalized spacial score (nSPS) is 38.1. The zero-order valence-corrected chi connectivity index (χ0v) is 11.8. The van der Waals surface area contributed by atoms with Gasteiger partial charge in [0.05, 0.1) is 19.2 Å². The van der Waals surface area contributed by atoms with Gasteiger partial charge in [0.15, 0.2) is 5.13 Å². The molecule has 1 N–H and O–H groups in total. The van der Waals surface area contributed by atoms with Gasteiger partial charge in [-0.1, -0.05) is 0 Å². The molecule has 0 amide bonds. The van der Waals surface area contributed by atoms with E-state index in [1.54, 1.807) is 11.3 Å². The van der Waals surface area contributed by atoms with E-state index in [9.17, 15) is 4.79 Å². The Morgan fingerprint density at radius 2 is 2.21 bits per heavy atom. The van der Waals surface area contributed by atoms with Gasteiger partial charge in [0, 0.05) is 11.4 Å². The predicted molar refractivity (Wildman–Crippen MR) is 73.1 cm³/mol. The molecule has 2 bridgehead atoms. The lowest BCUT2D eigenvalue weighted by molar-refractivity contribution is -0.139. The Morgan fingerprint density at radius 3 is 2.89 bits per heavy atom. The van der Waals surface area contributed by atoms with E-state index in [1.807, 2.05) is 5.38 Å². The minimum atomic E-state index is -0.224. The van der Waals surface area contributed by atoms with Crippen LogP contribution < -0.4 is 5.32 Å². The lowest BCUT2D eigenvalue weighted by Gasteiger charge is -2.09. The van der Waals surface area contributed by atoms with Crippen molar-refractivity contribution in [3.05, 3.63) is 11.1 Å². The van der Waals surface area contributed by atoms with E-state index < -0.39 is 0 Å². The molecule has 5 heteroatoms. The molecule has 1 aromatic heterocycles. The fourth-order valence-corrected chi connectivity index (χ4v) is 5.09. The molecule has 102 valence electrons. The standard InChI is InChI=1S/C14H18N2O2S/c1-18-10(17)5-9-6-19-14(15-9)16-13-11-7-2-3-8(4-7)12(11)13/h6-8,11-13H,2-5H2,1H3,(H,15,16). The summed E-state index contributed by atoms with van der Waals surface area (Å²) in [5, 5.41) is 6.51. The predicted octanol–water partition coefficient (Wildman–Crippen LogP) is 2.32. The molecule has 19 heavy (non-hydrogen) atoms. The average Bonchev–Trinajstić information content (AvgIpc) is 2.80. The Morgan fingerprint density at radius 1 is 1.47 bits per heavy atom. The molecule has 3 aliphatic rings. The number of ether oxygens (including phenoxy) is 1. The molecule has 1 aromatic rings. The number of anilines is 1. The first-order valence-corrected chi connectivity index (χ1v) is 7.92. The van der Waals surface area contributed by atoms with Crippen LogP contribution in [0.25, 0.3) is 0 Å². The lowest BCUT2D eigenvalue weighted by Crippen LogP contribution is -2.12. The van der Waals surface area contributed by atoms with E-state index in [4.69, 9.17) is 0 Å². The molecule has 4 atom stereocenters. The van der Waals surface area contributed by atoms with Crippen molar-refractivity contribution in [2.75, 3.05) is 12.4 Å². The van der Waals surface area contributed by atoms with Crippen molar-refractivity contribution in [2.24, 2.45) is 23.7 Å². The van der Waals surface area contributed by atoms with Crippen LogP contribution in [-0.4, -0.2) is 24.1 Å². The van der Waals surface area contributed by atoms with E-state index in [-0.39, 0.29) is 12.4 Å². The number of methoxy groups -OCH3 is 1. The Kier molecular flexibility index (Phi) is 2.59. The summed E-state index contributed by atoms with van der Waals surface area (Å²) in [5.74, 6) is 3.54. The molecule has 4 unspecified atom stereocenters. The molecule has 3 aliphatic carbocycles. The number of nitrogens with zero attached hydrogens (tertiary/aromatic N) is 1. The van der Waals surface area contributed by atoms with Gasteiger partial charge >= 0.3 is 5.97 Å². The molecule has 0 aromatic carbocycles. The van der Waals surface area contributed by atoms with Crippen LogP contribution in [0.1, 0.15) is 25.0 Å². The second kappa shape index (κ2) is 4.20. The number of rotatable bonds is 4. The van der Waals surface area contributed by atoms with E-state index in [0.29, 0.717) is 6.04 Å². The molecule has 0 spiro atoms. The summed E-state index contributed by atoms with van der Waals surface area (Å²) in [7, 11) is 1.41. The Labute approximate surface area is 116 Å². The summed E-state index contributed by atoms with van der Waals surface area (Å²) in [4.78, 5) is 15.7. The van der Waals surface area contributed by atoms with Crippen LogP contribution >= 0.6 is 11.3 Å². The zero-order chi connectivity index (χ0) is 13.0. The van der Waals surface area contributed by atoms with Gasteiger partial charge in [-0.3, -0.25) is 4.79 Å². The zero-order valence-electron chi connectivity index (χ0n) is 11.0. The van der Waals surface area contributed by atoms with Gasteiger partial charge in [-0.2, -0.15) is 0 Å². The Bertz CT molecular complexity index is 499. The second-order valence-electron chi connectivity index (χ2n) is 6.05. The van der Waals surface area contributed by atoms with Gasteiger partial charge in [0.2, 0.25) is 0 Å². The fraction of sp³-hybridized carbons (Fsp3) is 0.714. The minimum Gasteiger partial charge on any atom is -0.469 e. The van der Waals surface area contributed by atoms with Crippen molar-refractivity contribution in [1.82, 2.24) is 4.98 Å². The second-order valence-corrected chi connectivity index (χ2v) is 6.91. The van der Waals surface area contributed by atoms with Crippen molar-refractivity contribution >= 4 is 22.4 Å². The molecule has 0 radical (unpaired) electrons. The largest absolute Gasteiger partial charge is 0.469 e. The third kappa shape index (κ3) is 1.86. The summed E-state index contributed by atoms with van der Waals surface area (Å²) in [6, 6.07) is 0.656. The lowest BCUT2D eigenvalue weighted by atomic mass is 10.0. The molecule has 3 fully saturated rings. The molecular weight excluding hydrogens is 260 g/mol. The highest BCUT2D eigenvalue weighted by atomic mass is 32.1. The SMILES string of the molecule is COC(=O)Cc1csc(NC2C3C4CCC(C4)C23)n1. The van der Waals surface area contributed by atoms with E-state index in [2.05, 4.69) is 15.0 Å². The topological polar surface area (TPSA) is 51.2 Å². The van der Waals surface area contributed by atoms with Gasteiger partial charge in [-0.25, -0.2) is 4.98 Å². The number of carbonyl (C=O) groups is 1. The van der Waals surface area contributed by atoms with Crippen LogP contribution in [0, 0.1) is 23.7 Å². The number of esters is 1. The van der Waals surface area contributed by atoms with Gasteiger partial charge in [-0.05, 0) is 42.9 Å². The van der Waals surface area contributed by atoms with Crippen LogP contribution in [0.5, 0.6) is 0 Å². The molecular formula is C14H18N2O2S. The molecule has 4 rings (SSSR count). The molecule has 3 saturated carbocycles. The third-order valence-electron chi connectivity index (χ3n) is 5.13. The number of nitrogens with one attached hydrogen (secondary N) is 1. The molecule has 4 nitrogen and oxygen atoms in total. The van der Waals surface area contributed by atoms with Gasteiger partial charge in [0.25, 0.3) is 0 Å². The quantitative estimate of drug-likeness (QED) is 0.859. The number of thiazole rings is 1. The van der Waals surface area contributed by atoms with Crippen LogP contribution in [0.15, 0.2) is 5.38 Å². The van der Waals surface area contributed by atoms with Crippen LogP contribution in [0.4, 0.5) is 5.13 Å². The minimum absolute atomic E-state index is 0.224. The average molecular weight is 278 g/mol. The van der Waals surface area contributed by atoms with Crippen molar-refractivity contribution < 1.29 is 9.53 Å². The summed E-state index contributed by atoms with van der Waals surface area (Å²) < 4.78 is 4.66. The maximum absolute atomic E-state index is 11.2. The highest BCUT2D eigenvalue weighted by Gasteiger charge is 2.65. The molecule has 0 saturated heterocycles. The summed E-state index contributed by atoms with van der Waals surface area (Å²) in [5.41, 5.74) is 0.813. The van der Waals surface area contributed by atoms with Crippen LogP contribution in [-0.2, 0) is 16.0 Å². The summed E-state index contributed by atoms with van der Waals surface area (Å²) >= 11 is 1.60. The fourth-order valence-electron chi connectivity index (χ4n) is 4.34. The van der Waals surface area contributed by atoms with Gasteiger partial charge in [0.1, 0.15) is 0 Å². The number of carbonyl (C=O) groups excluding carboxylic acids is 1. The van der Waals surface area contributed by atoms with Crippen molar-refractivity contribution in [2.45, 2.75) is 31.7 Å². The van der Waals surface area contributed by atoms with E-state index in [1.165, 1.54) is 26.4 Å². The van der Waals surface area contributed by atoms with Crippen molar-refractivity contribution in [3.63, 3.8) is 0 Å². The first kappa shape index (κ1) is 11.7. The number of aromatic nitrogens is 1. The summed E-state index contributed by atoms with van der Waals surface area (Å²) in [6.07, 6.45) is 4.63. The van der Waals surface area contributed by atoms with E-state index in [0.717, 1.165) is 34.5 Å².